The summed E-state index contributed by atoms with van der Waals surface area (Å²) in [7, 11) is 0. The molecule has 0 bridgehead atoms. The van der Waals surface area contributed by atoms with Crippen LogP contribution in [0, 0.1) is 0 Å². The maximum Gasteiger partial charge on any atom is 0.407 e. The average molecular weight is 302 g/mol. The summed E-state index contributed by atoms with van der Waals surface area (Å²) in [6, 6.07) is 8.84. The molecule has 0 saturated carbocycles. The number of rotatable bonds is 7. The Kier molecular flexibility index (Phi) is 6.73. The Morgan fingerprint density at radius 3 is 2.47 bits per heavy atom. The fourth-order valence-electron chi connectivity index (χ4n) is 1.63. The first-order valence-electron chi connectivity index (χ1n) is 5.86. The number of hydrogen-bond donors (Lipinski definition) is 1. The van der Waals surface area contributed by atoms with Gasteiger partial charge in [-0.15, -0.1) is 23.4 Å². The van der Waals surface area contributed by atoms with E-state index in [1.165, 1.54) is 11.8 Å². The van der Waals surface area contributed by atoms with E-state index in [0.29, 0.717) is 5.75 Å². The van der Waals surface area contributed by atoms with Gasteiger partial charge in [0.1, 0.15) is 6.04 Å². The van der Waals surface area contributed by atoms with E-state index < -0.39 is 12.1 Å². The maximum atomic E-state index is 11.8. The van der Waals surface area contributed by atoms with Gasteiger partial charge in [-0.1, -0.05) is 18.2 Å². The molecule has 0 aliphatic rings. The molecule has 1 aromatic rings. The summed E-state index contributed by atoms with van der Waals surface area (Å²) in [6.45, 7) is 1.97. The highest BCUT2D eigenvalue weighted by Crippen LogP contribution is 2.20. The number of likely N-dealkylation sites (N-methyl/N-ethyl adjacent to an activating group) is 1. The number of carbonyl (C=O) groups excluding carboxylic acids is 1. The van der Waals surface area contributed by atoms with Crippen LogP contribution in [0.5, 0.6) is 0 Å². The van der Waals surface area contributed by atoms with Crippen molar-refractivity contribution in [3.63, 3.8) is 0 Å². The summed E-state index contributed by atoms with van der Waals surface area (Å²) in [6.07, 6.45) is -1.10. The van der Waals surface area contributed by atoms with Gasteiger partial charge in [0.25, 0.3) is 0 Å². The standard InChI is InChI=1S/C13H16ClNO3S/c1-2-15(13(17)18)11(12(16)8-14)9-19-10-6-4-3-5-7-10/h3-7,11H,2,8-9H2,1H3,(H,17,18)/t11-/m1/s1. The second-order valence-corrected chi connectivity index (χ2v) is 5.17. The second-order valence-electron chi connectivity index (χ2n) is 3.81. The van der Waals surface area contributed by atoms with Crippen molar-refractivity contribution in [2.45, 2.75) is 17.9 Å². The summed E-state index contributed by atoms with van der Waals surface area (Å²) < 4.78 is 0. The zero-order chi connectivity index (χ0) is 14.3. The van der Waals surface area contributed by atoms with Crippen LogP contribution in [0.2, 0.25) is 0 Å². The van der Waals surface area contributed by atoms with E-state index in [1.807, 2.05) is 30.3 Å². The average Bonchev–Trinajstić information content (AvgIpc) is 2.43. The van der Waals surface area contributed by atoms with Crippen LogP contribution in [-0.4, -0.2) is 46.1 Å². The smallest absolute Gasteiger partial charge is 0.407 e. The highest BCUT2D eigenvalue weighted by atomic mass is 35.5. The first-order chi connectivity index (χ1) is 9.10. The Morgan fingerprint density at radius 1 is 1.37 bits per heavy atom. The van der Waals surface area contributed by atoms with Gasteiger partial charge in [0.05, 0.1) is 5.88 Å². The first kappa shape index (κ1) is 15.9. The lowest BCUT2D eigenvalue weighted by Gasteiger charge is -2.26. The topological polar surface area (TPSA) is 57.6 Å². The van der Waals surface area contributed by atoms with Crippen molar-refractivity contribution in [2.24, 2.45) is 0 Å². The fraction of sp³-hybridized carbons (Fsp3) is 0.385. The van der Waals surface area contributed by atoms with Crippen LogP contribution in [0.3, 0.4) is 0 Å². The minimum Gasteiger partial charge on any atom is -0.465 e. The zero-order valence-corrected chi connectivity index (χ0v) is 12.2. The number of alkyl halides is 1. The number of benzene rings is 1. The number of carbonyl (C=O) groups is 2. The van der Waals surface area contributed by atoms with E-state index in [4.69, 9.17) is 16.7 Å². The minimum atomic E-state index is -1.10. The predicted octanol–water partition coefficient (Wildman–Crippen LogP) is 2.96. The number of carboxylic acid groups (broad SMARTS) is 1. The molecule has 4 nitrogen and oxygen atoms in total. The van der Waals surface area contributed by atoms with Gasteiger partial charge in [-0.2, -0.15) is 0 Å². The zero-order valence-electron chi connectivity index (χ0n) is 10.6. The molecule has 0 aliphatic carbocycles. The van der Waals surface area contributed by atoms with E-state index in [-0.39, 0.29) is 18.2 Å². The Balaban J connectivity index is 2.75. The van der Waals surface area contributed by atoms with Crippen LogP contribution in [0.4, 0.5) is 4.79 Å². The molecule has 104 valence electrons. The summed E-state index contributed by atoms with van der Waals surface area (Å²) in [5, 5.41) is 9.11. The third kappa shape index (κ3) is 4.76. The summed E-state index contributed by atoms with van der Waals surface area (Å²) in [5.74, 6) is -0.0752. The number of halogens is 1. The molecule has 0 radical (unpaired) electrons. The Labute approximate surface area is 121 Å². The molecule has 1 aromatic carbocycles. The largest absolute Gasteiger partial charge is 0.465 e. The summed E-state index contributed by atoms with van der Waals surface area (Å²) in [5.41, 5.74) is 0. The van der Waals surface area contributed by atoms with Crippen molar-refractivity contribution in [3.8, 4) is 0 Å². The van der Waals surface area contributed by atoms with Crippen molar-refractivity contribution in [3.05, 3.63) is 30.3 Å². The van der Waals surface area contributed by atoms with E-state index in [9.17, 15) is 9.59 Å². The normalized spacial score (nSPS) is 11.9. The molecule has 0 heterocycles. The Bertz CT molecular complexity index is 427. The second kappa shape index (κ2) is 8.07. The fourth-order valence-corrected chi connectivity index (χ4v) is 2.87. The van der Waals surface area contributed by atoms with Crippen LogP contribution in [-0.2, 0) is 4.79 Å². The molecule has 1 atom stereocenters. The Hall–Kier alpha value is -1.20. The van der Waals surface area contributed by atoms with Gasteiger partial charge >= 0.3 is 6.09 Å². The number of ketones is 1. The molecule has 0 spiro atoms. The predicted molar refractivity (Wildman–Crippen MR) is 77.1 cm³/mol. The molecule has 1 N–H and O–H groups in total. The molecular formula is C13H16ClNO3S. The lowest BCUT2D eigenvalue weighted by Crippen LogP contribution is -2.46. The minimum absolute atomic E-state index is 0.177. The molecule has 0 saturated heterocycles. The molecule has 1 rings (SSSR count). The maximum absolute atomic E-state index is 11.8. The SMILES string of the molecule is CCN(C(=O)O)[C@H](CSc1ccccc1)C(=O)CCl. The lowest BCUT2D eigenvalue weighted by atomic mass is 10.2. The van der Waals surface area contributed by atoms with Crippen LogP contribution in [0.1, 0.15) is 6.92 Å². The van der Waals surface area contributed by atoms with Crippen molar-refractivity contribution in [1.29, 1.82) is 0 Å². The van der Waals surface area contributed by atoms with Crippen LogP contribution in [0.25, 0.3) is 0 Å². The quantitative estimate of drug-likeness (QED) is 0.621. The number of nitrogens with zero attached hydrogens (tertiary/aromatic N) is 1. The lowest BCUT2D eigenvalue weighted by molar-refractivity contribution is -0.120. The molecule has 6 heteroatoms. The van der Waals surface area contributed by atoms with Crippen LogP contribution < -0.4 is 0 Å². The molecule has 0 aromatic heterocycles. The van der Waals surface area contributed by atoms with Crippen LogP contribution in [0.15, 0.2) is 35.2 Å². The number of thioether (sulfide) groups is 1. The van der Waals surface area contributed by atoms with Gasteiger partial charge in [-0.3, -0.25) is 9.69 Å². The molecule has 0 unspecified atom stereocenters. The monoisotopic (exact) mass is 301 g/mol. The van der Waals surface area contributed by atoms with Crippen LogP contribution >= 0.6 is 23.4 Å². The van der Waals surface area contributed by atoms with E-state index in [0.717, 1.165) is 9.80 Å². The van der Waals surface area contributed by atoms with Gasteiger partial charge in [-0.05, 0) is 19.1 Å². The van der Waals surface area contributed by atoms with Crippen molar-refractivity contribution >= 4 is 35.2 Å². The van der Waals surface area contributed by atoms with Crippen molar-refractivity contribution < 1.29 is 14.7 Å². The highest BCUT2D eigenvalue weighted by molar-refractivity contribution is 7.99. The third-order valence-electron chi connectivity index (χ3n) is 2.62. The third-order valence-corrected chi connectivity index (χ3v) is 3.97. The Morgan fingerprint density at radius 2 is 2.00 bits per heavy atom. The number of amides is 1. The van der Waals surface area contributed by atoms with E-state index in [2.05, 4.69) is 0 Å². The number of Topliss-reactive ketones (excluding diaryl/α,β-unsaturated/α-hetero) is 1. The molecule has 0 fully saturated rings. The van der Waals surface area contributed by atoms with Gasteiger partial charge in [-0.25, -0.2) is 4.79 Å². The molecular weight excluding hydrogens is 286 g/mol. The van der Waals surface area contributed by atoms with E-state index >= 15 is 0 Å². The van der Waals surface area contributed by atoms with Gasteiger partial charge in [0.2, 0.25) is 0 Å². The summed E-state index contributed by atoms with van der Waals surface area (Å²) >= 11 is 7.00. The van der Waals surface area contributed by atoms with Crippen molar-refractivity contribution in [1.82, 2.24) is 4.90 Å². The highest BCUT2D eigenvalue weighted by Gasteiger charge is 2.27. The molecule has 19 heavy (non-hydrogen) atoms. The molecule has 1 amide bonds. The number of hydrogen-bond acceptors (Lipinski definition) is 3. The van der Waals surface area contributed by atoms with Crippen molar-refractivity contribution in [2.75, 3.05) is 18.2 Å². The van der Waals surface area contributed by atoms with Gasteiger partial charge < -0.3 is 5.11 Å². The van der Waals surface area contributed by atoms with Gasteiger partial charge in [0.15, 0.2) is 5.78 Å². The first-order valence-corrected chi connectivity index (χ1v) is 7.38. The molecule has 0 aliphatic heterocycles. The van der Waals surface area contributed by atoms with E-state index in [1.54, 1.807) is 6.92 Å². The summed E-state index contributed by atoms with van der Waals surface area (Å²) in [4.78, 5) is 25.0. The van der Waals surface area contributed by atoms with Gasteiger partial charge in [0, 0.05) is 17.2 Å².